The summed E-state index contributed by atoms with van der Waals surface area (Å²) >= 11 is 6.52. The molecular weight excluding hydrogens is 330 g/mol. The lowest BCUT2D eigenvalue weighted by Crippen LogP contribution is -2.27. The predicted octanol–water partition coefficient (Wildman–Crippen LogP) is 5.95. The fourth-order valence-corrected chi connectivity index (χ4v) is 3.96. The Morgan fingerprint density at radius 3 is 2.36 bits per heavy atom. The van der Waals surface area contributed by atoms with Crippen molar-refractivity contribution >= 4 is 17.4 Å². The molecule has 3 aromatic rings. The topological polar surface area (TPSA) is 22.0 Å². The van der Waals surface area contributed by atoms with E-state index in [-0.39, 0.29) is 11.2 Å². The summed E-state index contributed by atoms with van der Waals surface area (Å²) in [5.41, 5.74) is 4.88. The maximum absolute atomic E-state index is 12.8. The van der Waals surface area contributed by atoms with Crippen LogP contribution in [-0.4, -0.2) is 10.4 Å². The van der Waals surface area contributed by atoms with Gasteiger partial charge in [0, 0.05) is 17.7 Å². The summed E-state index contributed by atoms with van der Waals surface area (Å²) in [6.45, 7) is 4.31. The van der Waals surface area contributed by atoms with Gasteiger partial charge >= 0.3 is 0 Å². The highest BCUT2D eigenvalue weighted by atomic mass is 35.5. The van der Waals surface area contributed by atoms with Gasteiger partial charge in [-0.1, -0.05) is 67.9 Å². The zero-order chi connectivity index (χ0) is 17.6. The highest BCUT2D eigenvalue weighted by Crippen LogP contribution is 2.41. The van der Waals surface area contributed by atoms with Crippen LogP contribution in [0.1, 0.15) is 36.3 Å². The minimum absolute atomic E-state index is 0.0462. The van der Waals surface area contributed by atoms with Crippen molar-refractivity contribution in [2.45, 2.75) is 26.7 Å². The third-order valence-corrected chi connectivity index (χ3v) is 5.17. The molecule has 0 N–H and O–H groups in total. The van der Waals surface area contributed by atoms with Crippen molar-refractivity contribution in [3.05, 3.63) is 76.9 Å². The van der Waals surface area contributed by atoms with Crippen LogP contribution in [0.15, 0.2) is 60.7 Å². The zero-order valence-electron chi connectivity index (χ0n) is 14.4. The molecule has 0 bridgehead atoms. The molecule has 0 saturated carbocycles. The highest BCUT2D eigenvalue weighted by molar-refractivity contribution is 6.32. The van der Waals surface area contributed by atoms with E-state index in [4.69, 9.17) is 11.6 Å². The number of aromatic nitrogens is 1. The second-order valence-corrected chi connectivity index (χ2v) is 7.89. The number of hydrogen-bond donors (Lipinski definition) is 0. The summed E-state index contributed by atoms with van der Waals surface area (Å²) < 4.78 is 2.17. The lowest BCUT2D eigenvalue weighted by Gasteiger charge is -2.30. The number of halogens is 1. The second-order valence-electron chi connectivity index (χ2n) is 7.48. The number of para-hydroxylation sites is 1. The number of nitrogens with zero attached hydrogens (tertiary/aromatic N) is 1. The normalized spacial score (nSPS) is 15.9. The van der Waals surface area contributed by atoms with Gasteiger partial charge in [0.25, 0.3) is 0 Å². The first-order valence-corrected chi connectivity index (χ1v) is 8.92. The first-order chi connectivity index (χ1) is 12.0. The number of hydrogen-bond acceptors (Lipinski definition) is 1. The molecule has 2 nitrogen and oxygen atoms in total. The van der Waals surface area contributed by atoms with Gasteiger partial charge in [-0.2, -0.15) is 0 Å². The molecule has 25 heavy (non-hydrogen) atoms. The molecule has 4 rings (SSSR count). The number of Topliss-reactive ketones (excluding diaryl/α,β-unsaturated/α-hetero) is 1. The number of carbonyl (C=O) groups excluding carboxylic acids is 1. The number of fused-ring (bicyclic) bond motifs is 1. The van der Waals surface area contributed by atoms with E-state index >= 15 is 0 Å². The molecule has 2 aromatic carbocycles. The Morgan fingerprint density at radius 1 is 0.960 bits per heavy atom. The van der Waals surface area contributed by atoms with Gasteiger partial charge in [0.1, 0.15) is 0 Å². The van der Waals surface area contributed by atoms with Crippen molar-refractivity contribution in [3.8, 4) is 16.9 Å². The van der Waals surface area contributed by atoms with Gasteiger partial charge in [-0.15, -0.1) is 0 Å². The fraction of sp³-hybridized carbons (Fsp3) is 0.227. The Bertz CT molecular complexity index is 953. The minimum Gasteiger partial charge on any atom is -0.311 e. The van der Waals surface area contributed by atoms with E-state index in [1.54, 1.807) is 0 Å². The number of carbonyl (C=O) groups is 1. The number of benzene rings is 2. The standard InChI is InChI=1S/C22H20ClNO/c1-22(2)13-20-16(21(25)14-22)12-19(15-8-4-3-5-9-15)24(20)18-11-7-6-10-17(18)23/h3-12H,13-14H2,1-2H3. The lowest BCUT2D eigenvalue weighted by atomic mass is 9.76. The Hall–Kier alpha value is -2.32. The zero-order valence-corrected chi connectivity index (χ0v) is 15.2. The van der Waals surface area contributed by atoms with Gasteiger partial charge in [0.15, 0.2) is 5.78 Å². The van der Waals surface area contributed by atoms with E-state index in [1.165, 1.54) is 0 Å². The highest BCUT2D eigenvalue weighted by Gasteiger charge is 2.35. The molecule has 0 saturated heterocycles. The summed E-state index contributed by atoms with van der Waals surface area (Å²) in [5.74, 6) is 0.217. The van der Waals surface area contributed by atoms with Crippen molar-refractivity contribution in [3.63, 3.8) is 0 Å². The van der Waals surface area contributed by atoms with Gasteiger partial charge in [0.05, 0.1) is 16.4 Å². The average Bonchev–Trinajstić information content (AvgIpc) is 2.94. The van der Waals surface area contributed by atoms with Crippen LogP contribution >= 0.6 is 11.6 Å². The van der Waals surface area contributed by atoms with Gasteiger partial charge < -0.3 is 4.57 Å². The van der Waals surface area contributed by atoms with Crippen LogP contribution in [0.3, 0.4) is 0 Å². The largest absolute Gasteiger partial charge is 0.311 e. The predicted molar refractivity (Wildman–Crippen MR) is 103 cm³/mol. The first-order valence-electron chi connectivity index (χ1n) is 8.54. The van der Waals surface area contributed by atoms with Crippen LogP contribution in [-0.2, 0) is 6.42 Å². The Kier molecular flexibility index (Phi) is 3.81. The quantitative estimate of drug-likeness (QED) is 0.560. The van der Waals surface area contributed by atoms with Gasteiger partial charge in [-0.3, -0.25) is 4.79 Å². The second kappa shape index (κ2) is 5.89. The molecule has 126 valence electrons. The molecule has 0 atom stereocenters. The van der Waals surface area contributed by atoms with Crippen LogP contribution in [0.4, 0.5) is 0 Å². The maximum Gasteiger partial charge on any atom is 0.165 e. The molecule has 0 fully saturated rings. The van der Waals surface area contributed by atoms with E-state index in [0.29, 0.717) is 11.4 Å². The van der Waals surface area contributed by atoms with Crippen LogP contribution in [0.5, 0.6) is 0 Å². The van der Waals surface area contributed by atoms with Crippen LogP contribution in [0.25, 0.3) is 16.9 Å². The average molecular weight is 350 g/mol. The SMILES string of the molecule is CC1(C)CC(=O)c2cc(-c3ccccc3)n(-c3ccccc3Cl)c2C1. The molecule has 1 aliphatic carbocycles. The molecule has 3 heteroatoms. The molecule has 1 aliphatic rings. The van der Waals surface area contributed by atoms with Crippen molar-refractivity contribution in [1.29, 1.82) is 0 Å². The smallest absolute Gasteiger partial charge is 0.165 e. The summed E-state index contributed by atoms with van der Waals surface area (Å²) in [5, 5.41) is 0.689. The number of rotatable bonds is 2. The summed E-state index contributed by atoms with van der Waals surface area (Å²) in [6.07, 6.45) is 1.44. The molecule has 0 aliphatic heterocycles. The Labute approximate surface area is 153 Å². The third-order valence-electron chi connectivity index (χ3n) is 4.85. The Morgan fingerprint density at radius 2 is 1.64 bits per heavy atom. The molecule has 1 heterocycles. The van der Waals surface area contributed by atoms with Crippen LogP contribution in [0.2, 0.25) is 5.02 Å². The monoisotopic (exact) mass is 349 g/mol. The molecule has 1 aromatic heterocycles. The fourth-order valence-electron chi connectivity index (χ4n) is 3.74. The van der Waals surface area contributed by atoms with Crippen molar-refractivity contribution in [2.24, 2.45) is 5.41 Å². The van der Waals surface area contributed by atoms with Crippen molar-refractivity contribution in [2.75, 3.05) is 0 Å². The number of ketones is 1. The molecule has 0 unspecified atom stereocenters. The summed E-state index contributed by atoms with van der Waals surface area (Å²) in [6, 6.07) is 20.0. The van der Waals surface area contributed by atoms with E-state index in [1.807, 2.05) is 48.5 Å². The lowest BCUT2D eigenvalue weighted by molar-refractivity contribution is 0.0911. The minimum atomic E-state index is -0.0462. The molecule has 0 radical (unpaired) electrons. The third kappa shape index (κ3) is 2.81. The van der Waals surface area contributed by atoms with Crippen molar-refractivity contribution < 1.29 is 4.79 Å². The van der Waals surface area contributed by atoms with E-state index in [9.17, 15) is 4.79 Å². The first kappa shape index (κ1) is 16.2. The molecule has 0 spiro atoms. The van der Waals surface area contributed by atoms with Crippen LogP contribution in [0, 0.1) is 5.41 Å². The van der Waals surface area contributed by atoms with Crippen LogP contribution < -0.4 is 0 Å². The van der Waals surface area contributed by atoms with E-state index < -0.39 is 0 Å². The van der Waals surface area contributed by atoms with E-state index in [2.05, 4.69) is 30.5 Å². The van der Waals surface area contributed by atoms with Gasteiger partial charge in [0.2, 0.25) is 0 Å². The Balaban J connectivity index is 2.04. The van der Waals surface area contributed by atoms with Crippen molar-refractivity contribution in [1.82, 2.24) is 4.57 Å². The maximum atomic E-state index is 12.8. The molecule has 0 amide bonds. The van der Waals surface area contributed by atoms with Gasteiger partial charge in [-0.05, 0) is 35.6 Å². The van der Waals surface area contributed by atoms with Gasteiger partial charge in [-0.25, -0.2) is 0 Å². The molecular formula is C22H20ClNO. The summed E-state index contributed by atoms with van der Waals surface area (Å²) in [7, 11) is 0. The van der Waals surface area contributed by atoms with E-state index in [0.717, 1.165) is 34.6 Å². The summed E-state index contributed by atoms with van der Waals surface area (Å²) in [4.78, 5) is 12.8.